The van der Waals surface area contributed by atoms with Crippen LogP contribution in [0.5, 0.6) is 0 Å². The van der Waals surface area contributed by atoms with Crippen LogP contribution in [0.4, 0.5) is 4.39 Å². The minimum Gasteiger partial charge on any atom is -0.327 e. The van der Waals surface area contributed by atoms with Crippen LogP contribution in [-0.2, 0) is 15.6 Å². The molecule has 0 saturated heterocycles. The topological polar surface area (TPSA) is 60.2 Å². The molecule has 3 nitrogen and oxygen atoms in total. The van der Waals surface area contributed by atoms with Crippen molar-refractivity contribution in [1.82, 2.24) is 0 Å². The zero-order chi connectivity index (χ0) is 13.1. The third-order valence-electron chi connectivity index (χ3n) is 2.42. The summed E-state index contributed by atoms with van der Waals surface area (Å²) in [7, 11) is -3.44. The molecule has 0 amide bonds. The van der Waals surface area contributed by atoms with E-state index in [0.717, 1.165) is 0 Å². The van der Waals surface area contributed by atoms with Gasteiger partial charge in [0.25, 0.3) is 0 Å². The molecule has 0 fully saturated rings. The summed E-state index contributed by atoms with van der Waals surface area (Å²) >= 11 is 5.77. The number of benzene rings is 1. The summed E-state index contributed by atoms with van der Waals surface area (Å²) in [6.07, 6.45) is 0.560. The number of rotatable bonds is 5. The van der Waals surface area contributed by atoms with Crippen molar-refractivity contribution in [1.29, 1.82) is 0 Å². The van der Waals surface area contributed by atoms with E-state index in [1.54, 1.807) is 6.92 Å². The predicted molar refractivity (Wildman–Crippen MR) is 67.2 cm³/mol. The predicted octanol–water partition coefficient (Wildman–Crippen LogP) is 2.13. The van der Waals surface area contributed by atoms with Crippen LogP contribution < -0.4 is 5.73 Å². The SMILES string of the molecule is CCC(N)CS(=O)(=O)Cc1c(F)cccc1Cl. The maximum atomic E-state index is 13.4. The van der Waals surface area contributed by atoms with E-state index in [9.17, 15) is 12.8 Å². The fourth-order valence-corrected chi connectivity index (χ4v) is 3.44. The van der Waals surface area contributed by atoms with E-state index in [2.05, 4.69) is 0 Å². The lowest BCUT2D eigenvalue weighted by Gasteiger charge is -2.11. The Labute approximate surface area is 106 Å². The molecule has 0 aliphatic carbocycles. The van der Waals surface area contributed by atoms with E-state index < -0.39 is 27.4 Å². The van der Waals surface area contributed by atoms with Crippen molar-refractivity contribution in [2.75, 3.05) is 5.75 Å². The van der Waals surface area contributed by atoms with Crippen LogP contribution >= 0.6 is 11.6 Å². The Morgan fingerprint density at radius 2 is 2.12 bits per heavy atom. The van der Waals surface area contributed by atoms with E-state index in [0.29, 0.717) is 6.42 Å². The smallest absolute Gasteiger partial charge is 0.156 e. The summed E-state index contributed by atoms with van der Waals surface area (Å²) in [6, 6.07) is 3.67. The summed E-state index contributed by atoms with van der Waals surface area (Å²) in [5, 5.41) is 0.124. The minimum atomic E-state index is -3.44. The van der Waals surface area contributed by atoms with Gasteiger partial charge < -0.3 is 5.73 Å². The highest BCUT2D eigenvalue weighted by Crippen LogP contribution is 2.21. The Morgan fingerprint density at radius 3 is 2.65 bits per heavy atom. The molecule has 96 valence electrons. The maximum Gasteiger partial charge on any atom is 0.156 e. The van der Waals surface area contributed by atoms with Gasteiger partial charge in [-0.25, -0.2) is 12.8 Å². The molecule has 1 unspecified atom stereocenters. The fourth-order valence-electron chi connectivity index (χ4n) is 1.39. The van der Waals surface area contributed by atoms with Crippen molar-refractivity contribution in [3.05, 3.63) is 34.6 Å². The Hall–Kier alpha value is -0.650. The number of nitrogens with two attached hydrogens (primary N) is 1. The van der Waals surface area contributed by atoms with Gasteiger partial charge in [-0.05, 0) is 18.6 Å². The van der Waals surface area contributed by atoms with Gasteiger partial charge in [0.05, 0.1) is 11.5 Å². The molecule has 0 heterocycles. The standard InChI is InChI=1S/C11H15ClFNO2S/c1-2-8(14)6-17(15,16)7-9-10(12)4-3-5-11(9)13/h3-5,8H,2,6-7,14H2,1H3. The number of sulfone groups is 1. The molecule has 0 saturated carbocycles. The third kappa shape index (κ3) is 4.26. The summed E-state index contributed by atoms with van der Waals surface area (Å²) < 4.78 is 37.0. The van der Waals surface area contributed by atoms with Crippen LogP contribution in [-0.4, -0.2) is 20.2 Å². The molecule has 1 aromatic rings. The Bertz CT molecular complexity index is 470. The van der Waals surface area contributed by atoms with Crippen LogP contribution in [0.1, 0.15) is 18.9 Å². The molecule has 0 bridgehead atoms. The Balaban J connectivity index is 2.91. The fraction of sp³-hybridized carbons (Fsp3) is 0.455. The molecule has 0 spiro atoms. The zero-order valence-corrected chi connectivity index (χ0v) is 11.1. The van der Waals surface area contributed by atoms with Gasteiger partial charge in [-0.1, -0.05) is 24.6 Å². The second-order valence-electron chi connectivity index (χ2n) is 3.92. The van der Waals surface area contributed by atoms with E-state index >= 15 is 0 Å². The van der Waals surface area contributed by atoms with Crippen LogP contribution in [0.3, 0.4) is 0 Å². The largest absolute Gasteiger partial charge is 0.327 e. The molecule has 6 heteroatoms. The molecule has 0 radical (unpaired) electrons. The number of hydrogen-bond acceptors (Lipinski definition) is 3. The quantitative estimate of drug-likeness (QED) is 0.898. The minimum absolute atomic E-state index is 0.0115. The zero-order valence-electron chi connectivity index (χ0n) is 9.49. The van der Waals surface area contributed by atoms with Crippen LogP contribution in [0.2, 0.25) is 5.02 Å². The highest BCUT2D eigenvalue weighted by atomic mass is 35.5. The molecular formula is C11H15ClFNO2S. The molecule has 0 aliphatic heterocycles. The number of halogens is 2. The van der Waals surface area contributed by atoms with Gasteiger partial charge in [-0.2, -0.15) is 0 Å². The van der Waals surface area contributed by atoms with Crippen molar-refractivity contribution < 1.29 is 12.8 Å². The first-order chi connectivity index (χ1) is 7.85. The van der Waals surface area contributed by atoms with Crippen LogP contribution in [0.15, 0.2) is 18.2 Å². The van der Waals surface area contributed by atoms with E-state index in [1.807, 2.05) is 0 Å². The van der Waals surface area contributed by atoms with E-state index in [1.165, 1.54) is 18.2 Å². The molecule has 1 rings (SSSR count). The molecule has 17 heavy (non-hydrogen) atoms. The van der Waals surface area contributed by atoms with E-state index in [4.69, 9.17) is 17.3 Å². The second kappa shape index (κ2) is 5.80. The molecule has 0 aromatic heterocycles. The average molecular weight is 280 g/mol. The first-order valence-corrected chi connectivity index (χ1v) is 7.44. The maximum absolute atomic E-state index is 13.4. The Morgan fingerprint density at radius 1 is 1.47 bits per heavy atom. The normalized spacial score (nSPS) is 13.6. The molecule has 0 aliphatic rings. The monoisotopic (exact) mass is 279 g/mol. The van der Waals surface area contributed by atoms with Gasteiger partial charge in [-0.15, -0.1) is 0 Å². The molecule has 1 atom stereocenters. The summed E-state index contributed by atoms with van der Waals surface area (Å²) in [5.74, 6) is -1.17. The van der Waals surface area contributed by atoms with Crippen molar-refractivity contribution in [3.63, 3.8) is 0 Å². The molecular weight excluding hydrogens is 265 g/mol. The lowest BCUT2D eigenvalue weighted by atomic mass is 10.2. The van der Waals surface area contributed by atoms with Crippen LogP contribution in [0.25, 0.3) is 0 Å². The molecule has 1 aromatic carbocycles. The lowest BCUT2D eigenvalue weighted by molar-refractivity contribution is 0.577. The summed E-state index contributed by atoms with van der Waals surface area (Å²) in [6.45, 7) is 1.80. The second-order valence-corrected chi connectivity index (χ2v) is 6.44. The first kappa shape index (κ1) is 14.4. The highest BCUT2D eigenvalue weighted by Gasteiger charge is 2.19. The van der Waals surface area contributed by atoms with Gasteiger partial charge in [0, 0.05) is 16.6 Å². The average Bonchev–Trinajstić information content (AvgIpc) is 2.23. The van der Waals surface area contributed by atoms with Crippen molar-refractivity contribution in [2.45, 2.75) is 25.1 Å². The first-order valence-electron chi connectivity index (χ1n) is 5.24. The van der Waals surface area contributed by atoms with Gasteiger partial charge in [0.1, 0.15) is 5.82 Å². The van der Waals surface area contributed by atoms with Gasteiger partial charge in [0.2, 0.25) is 0 Å². The van der Waals surface area contributed by atoms with Gasteiger partial charge in [-0.3, -0.25) is 0 Å². The third-order valence-corrected chi connectivity index (χ3v) is 4.44. The summed E-state index contributed by atoms with van der Waals surface area (Å²) in [4.78, 5) is 0. The van der Waals surface area contributed by atoms with Gasteiger partial charge >= 0.3 is 0 Å². The van der Waals surface area contributed by atoms with Gasteiger partial charge in [0.15, 0.2) is 9.84 Å². The lowest BCUT2D eigenvalue weighted by Crippen LogP contribution is -2.29. The van der Waals surface area contributed by atoms with E-state index in [-0.39, 0.29) is 16.3 Å². The molecule has 2 N–H and O–H groups in total. The number of hydrogen-bond donors (Lipinski definition) is 1. The highest BCUT2D eigenvalue weighted by molar-refractivity contribution is 7.90. The van der Waals surface area contributed by atoms with Crippen molar-refractivity contribution in [3.8, 4) is 0 Å². The van der Waals surface area contributed by atoms with Crippen LogP contribution in [0, 0.1) is 5.82 Å². The Kier molecular flexibility index (Phi) is 4.91. The van der Waals surface area contributed by atoms with Crippen molar-refractivity contribution >= 4 is 21.4 Å². The summed E-state index contributed by atoms with van der Waals surface area (Å²) in [5.41, 5.74) is 5.59. The van der Waals surface area contributed by atoms with Crippen molar-refractivity contribution in [2.24, 2.45) is 5.73 Å².